The molecule has 2 aromatic heterocycles. The second-order valence-corrected chi connectivity index (χ2v) is 6.68. The molecule has 2 aromatic rings. The molecule has 0 radical (unpaired) electrons. The number of rotatable bonds is 3. The molecule has 0 atom stereocenters. The molecule has 0 aromatic carbocycles. The predicted molar refractivity (Wildman–Crippen MR) is 94.2 cm³/mol. The maximum absolute atomic E-state index is 4.64. The summed E-state index contributed by atoms with van der Waals surface area (Å²) in [5.41, 5.74) is 2.68. The van der Waals surface area contributed by atoms with Gasteiger partial charge >= 0.3 is 0 Å². The van der Waals surface area contributed by atoms with E-state index in [0.717, 1.165) is 44.6 Å². The molecule has 6 heteroatoms. The average Bonchev–Trinajstić information content (AvgIpc) is 2.89. The number of nitrogens with zero attached hydrogens (tertiary/aromatic N) is 5. The summed E-state index contributed by atoms with van der Waals surface area (Å²) >= 11 is 0. The van der Waals surface area contributed by atoms with E-state index in [4.69, 9.17) is 0 Å². The van der Waals surface area contributed by atoms with Crippen molar-refractivity contribution in [1.29, 1.82) is 0 Å². The molecule has 2 aliphatic rings. The number of anilines is 2. The Morgan fingerprint density at radius 2 is 1.83 bits per heavy atom. The second kappa shape index (κ2) is 7.11. The van der Waals surface area contributed by atoms with Crippen molar-refractivity contribution in [2.75, 3.05) is 23.3 Å². The van der Waals surface area contributed by atoms with Crippen molar-refractivity contribution >= 4 is 11.6 Å². The summed E-state index contributed by atoms with van der Waals surface area (Å²) in [6.45, 7) is 2.07. The summed E-state index contributed by atoms with van der Waals surface area (Å²) in [4.78, 5) is 19.9. The lowest BCUT2D eigenvalue weighted by molar-refractivity contribution is 0.520. The number of piperidine rings is 1. The summed E-state index contributed by atoms with van der Waals surface area (Å²) in [7, 11) is 0. The van der Waals surface area contributed by atoms with Crippen LogP contribution in [-0.2, 0) is 12.8 Å². The lowest BCUT2D eigenvalue weighted by Gasteiger charge is -2.34. The van der Waals surface area contributed by atoms with Crippen LogP contribution in [0.1, 0.15) is 43.4 Å². The van der Waals surface area contributed by atoms with Gasteiger partial charge in [0.2, 0.25) is 0 Å². The molecule has 0 unspecified atom stereocenters. The Hall–Kier alpha value is -2.24. The van der Waals surface area contributed by atoms with Crippen molar-refractivity contribution in [1.82, 2.24) is 19.9 Å². The van der Waals surface area contributed by atoms with Crippen molar-refractivity contribution in [3.8, 4) is 0 Å². The van der Waals surface area contributed by atoms with Crippen LogP contribution < -0.4 is 10.2 Å². The highest BCUT2D eigenvalue weighted by molar-refractivity contribution is 5.50. The van der Waals surface area contributed by atoms with Crippen molar-refractivity contribution < 1.29 is 0 Å². The summed E-state index contributed by atoms with van der Waals surface area (Å²) in [6, 6.07) is 2.40. The molecule has 1 saturated heterocycles. The first-order chi connectivity index (χ1) is 11.9. The van der Waals surface area contributed by atoms with Gasteiger partial charge in [-0.2, -0.15) is 0 Å². The molecular formula is C18H24N6. The SMILES string of the molecule is c1cc(NC2CCN(c3ncnc4c3CCCCC4)CC2)ncn1. The Balaban J connectivity index is 1.43. The summed E-state index contributed by atoms with van der Waals surface area (Å²) in [5.74, 6) is 2.10. The van der Waals surface area contributed by atoms with E-state index in [1.165, 1.54) is 36.3 Å². The first-order valence-corrected chi connectivity index (χ1v) is 9.00. The van der Waals surface area contributed by atoms with E-state index in [-0.39, 0.29) is 0 Å². The van der Waals surface area contributed by atoms with Gasteiger partial charge in [0.05, 0.1) is 0 Å². The van der Waals surface area contributed by atoms with Gasteiger partial charge in [0.25, 0.3) is 0 Å². The fraction of sp³-hybridized carbons (Fsp3) is 0.556. The summed E-state index contributed by atoms with van der Waals surface area (Å²) in [5, 5.41) is 3.51. The fourth-order valence-corrected chi connectivity index (χ4v) is 3.77. The molecule has 1 aliphatic heterocycles. The van der Waals surface area contributed by atoms with E-state index in [1.807, 2.05) is 6.07 Å². The molecular weight excluding hydrogens is 300 g/mol. The minimum Gasteiger partial charge on any atom is -0.367 e. The molecule has 3 heterocycles. The van der Waals surface area contributed by atoms with Crippen molar-refractivity contribution in [2.45, 2.75) is 51.0 Å². The molecule has 1 N–H and O–H groups in total. The second-order valence-electron chi connectivity index (χ2n) is 6.68. The number of nitrogens with one attached hydrogen (secondary N) is 1. The first kappa shape index (κ1) is 15.3. The van der Waals surface area contributed by atoms with Crippen LogP contribution in [0.15, 0.2) is 24.9 Å². The molecule has 126 valence electrons. The van der Waals surface area contributed by atoms with Gasteiger partial charge in [-0.15, -0.1) is 0 Å². The van der Waals surface area contributed by atoms with E-state index >= 15 is 0 Å². The van der Waals surface area contributed by atoms with Crippen molar-refractivity contribution in [2.24, 2.45) is 0 Å². The van der Waals surface area contributed by atoms with Gasteiger partial charge in [0.15, 0.2) is 0 Å². The van der Waals surface area contributed by atoms with Gasteiger partial charge < -0.3 is 10.2 Å². The number of hydrogen-bond donors (Lipinski definition) is 1. The molecule has 0 amide bonds. The number of fused-ring (bicyclic) bond motifs is 1. The molecule has 0 bridgehead atoms. The maximum atomic E-state index is 4.64. The summed E-state index contributed by atoms with van der Waals surface area (Å²) < 4.78 is 0. The molecule has 0 spiro atoms. The summed E-state index contributed by atoms with van der Waals surface area (Å²) in [6.07, 6.45) is 13.4. The quantitative estimate of drug-likeness (QED) is 0.876. The van der Waals surface area contributed by atoms with E-state index in [1.54, 1.807) is 18.9 Å². The Bertz CT molecular complexity index is 666. The van der Waals surface area contributed by atoms with Crippen LogP contribution in [0.3, 0.4) is 0 Å². The zero-order valence-corrected chi connectivity index (χ0v) is 14.0. The monoisotopic (exact) mass is 324 g/mol. The van der Waals surface area contributed by atoms with Crippen LogP contribution in [-0.4, -0.2) is 39.1 Å². The minimum atomic E-state index is 0.469. The molecule has 1 aliphatic carbocycles. The van der Waals surface area contributed by atoms with E-state index in [2.05, 4.69) is 30.2 Å². The van der Waals surface area contributed by atoms with Crippen molar-refractivity contribution in [3.05, 3.63) is 36.2 Å². The number of aromatic nitrogens is 4. The Morgan fingerprint density at radius 3 is 2.67 bits per heavy atom. The van der Waals surface area contributed by atoms with Gasteiger partial charge in [0, 0.05) is 36.6 Å². The normalized spacial score (nSPS) is 18.8. The number of aryl methyl sites for hydroxylation is 1. The van der Waals surface area contributed by atoms with Crippen LogP contribution in [0.2, 0.25) is 0 Å². The molecule has 24 heavy (non-hydrogen) atoms. The predicted octanol–water partition coefficient (Wildman–Crippen LogP) is 2.62. The first-order valence-electron chi connectivity index (χ1n) is 9.00. The third kappa shape index (κ3) is 3.32. The van der Waals surface area contributed by atoms with Gasteiger partial charge in [-0.25, -0.2) is 19.9 Å². The third-order valence-electron chi connectivity index (χ3n) is 5.08. The van der Waals surface area contributed by atoms with Crippen LogP contribution >= 0.6 is 0 Å². The highest BCUT2D eigenvalue weighted by Crippen LogP contribution is 2.28. The maximum Gasteiger partial charge on any atom is 0.135 e. The Morgan fingerprint density at radius 1 is 0.958 bits per heavy atom. The molecule has 1 fully saturated rings. The highest BCUT2D eigenvalue weighted by Gasteiger charge is 2.24. The largest absolute Gasteiger partial charge is 0.367 e. The van der Waals surface area contributed by atoms with Gasteiger partial charge in [-0.3, -0.25) is 0 Å². The Labute approximate surface area is 142 Å². The van der Waals surface area contributed by atoms with Crippen molar-refractivity contribution in [3.63, 3.8) is 0 Å². The van der Waals surface area contributed by atoms with E-state index in [9.17, 15) is 0 Å². The Kier molecular flexibility index (Phi) is 4.53. The van der Waals surface area contributed by atoms with E-state index in [0.29, 0.717) is 6.04 Å². The highest BCUT2D eigenvalue weighted by atomic mass is 15.2. The zero-order chi connectivity index (χ0) is 16.2. The van der Waals surface area contributed by atoms with Crippen LogP contribution in [0.5, 0.6) is 0 Å². The third-order valence-corrected chi connectivity index (χ3v) is 5.08. The van der Waals surface area contributed by atoms with Gasteiger partial charge in [0.1, 0.15) is 24.3 Å². The standard InChI is InChI=1S/C18H24N6/c1-2-4-15-16(5-3-1)20-13-22-18(15)24-10-7-14(8-11-24)23-17-6-9-19-12-21-17/h6,9,12-14H,1-5,7-8,10-11H2,(H,19,21,23). The average molecular weight is 324 g/mol. The van der Waals surface area contributed by atoms with Crippen LogP contribution in [0.25, 0.3) is 0 Å². The van der Waals surface area contributed by atoms with Crippen LogP contribution in [0, 0.1) is 0 Å². The van der Waals surface area contributed by atoms with E-state index < -0.39 is 0 Å². The van der Waals surface area contributed by atoms with Gasteiger partial charge in [-0.05, 0) is 44.6 Å². The number of hydrogen-bond acceptors (Lipinski definition) is 6. The zero-order valence-electron chi connectivity index (χ0n) is 14.0. The lowest BCUT2D eigenvalue weighted by atomic mass is 10.0. The molecule has 6 nitrogen and oxygen atoms in total. The lowest BCUT2D eigenvalue weighted by Crippen LogP contribution is -2.40. The topological polar surface area (TPSA) is 66.8 Å². The van der Waals surface area contributed by atoms with Crippen LogP contribution in [0.4, 0.5) is 11.6 Å². The van der Waals surface area contributed by atoms with Gasteiger partial charge in [-0.1, -0.05) is 6.42 Å². The molecule has 0 saturated carbocycles. The fourth-order valence-electron chi connectivity index (χ4n) is 3.77. The minimum absolute atomic E-state index is 0.469. The molecule has 4 rings (SSSR count). The smallest absolute Gasteiger partial charge is 0.135 e.